The van der Waals surface area contributed by atoms with Crippen LogP contribution in [0.3, 0.4) is 0 Å². The Labute approximate surface area is 271 Å². The van der Waals surface area contributed by atoms with Crippen LogP contribution in [0.2, 0.25) is 0 Å². The van der Waals surface area contributed by atoms with E-state index in [2.05, 4.69) is 0 Å². The molecule has 4 aliphatic rings. The van der Waals surface area contributed by atoms with Crippen LogP contribution in [0.1, 0.15) is 68.2 Å². The molecule has 7 atom stereocenters. The van der Waals surface area contributed by atoms with E-state index in [4.69, 9.17) is 32.8 Å². The first-order valence-electron chi connectivity index (χ1n) is 15.6. The monoisotopic (exact) mass is 653 g/mol. The van der Waals surface area contributed by atoms with Gasteiger partial charge < -0.3 is 37.4 Å². The molecule has 2 aliphatic heterocycles. The lowest BCUT2D eigenvalue weighted by atomic mass is 9.50. The van der Waals surface area contributed by atoms with Gasteiger partial charge in [0, 0.05) is 26.2 Å². The van der Waals surface area contributed by atoms with E-state index in [0.29, 0.717) is 18.4 Å². The summed E-state index contributed by atoms with van der Waals surface area (Å²) in [4.78, 5) is 65.8. The topological polar surface area (TPSA) is 159 Å². The van der Waals surface area contributed by atoms with Gasteiger partial charge in [0.2, 0.25) is 5.56 Å². The Morgan fingerprint density at radius 1 is 0.894 bits per heavy atom. The lowest BCUT2D eigenvalue weighted by molar-refractivity contribution is -0.277. The molecule has 1 saturated heterocycles. The van der Waals surface area contributed by atoms with Crippen molar-refractivity contribution in [3.8, 4) is 0 Å². The lowest BCUT2D eigenvalue weighted by Gasteiger charge is -2.60. The van der Waals surface area contributed by atoms with Crippen molar-refractivity contribution >= 4 is 23.9 Å². The van der Waals surface area contributed by atoms with Crippen LogP contribution in [-0.2, 0) is 45.1 Å². The van der Waals surface area contributed by atoms with E-state index in [1.807, 2.05) is 13.8 Å². The molecule has 13 heteroatoms. The van der Waals surface area contributed by atoms with Crippen LogP contribution in [0, 0.1) is 17.3 Å². The zero-order chi connectivity index (χ0) is 33.9. The summed E-state index contributed by atoms with van der Waals surface area (Å²) in [6.45, 7) is 9.22. The van der Waals surface area contributed by atoms with Gasteiger partial charge >= 0.3 is 23.9 Å². The number of aromatic nitrogens is 1. The Kier molecular flexibility index (Phi) is 8.20. The molecule has 2 aromatic heterocycles. The van der Waals surface area contributed by atoms with E-state index >= 15 is 0 Å². The molecule has 0 aromatic carbocycles. The lowest BCUT2D eigenvalue weighted by Crippen LogP contribution is -2.73. The van der Waals surface area contributed by atoms with Gasteiger partial charge in [-0.25, -0.2) is 14.4 Å². The van der Waals surface area contributed by atoms with Crippen molar-refractivity contribution in [1.29, 1.82) is 0 Å². The summed E-state index contributed by atoms with van der Waals surface area (Å²) >= 11 is 0. The number of hydrogen-bond acceptors (Lipinski definition) is 12. The predicted octanol–water partition coefficient (Wildman–Crippen LogP) is 3.14. The molecule has 2 bridgehead atoms. The van der Waals surface area contributed by atoms with Gasteiger partial charge in [0.05, 0.1) is 53.6 Å². The number of fused-ring (bicyclic) bond motifs is 1. The number of furan rings is 1. The Bertz CT molecular complexity index is 1670. The molecule has 3 fully saturated rings. The molecule has 2 saturated carbocycles. The number of rotatable bonds is 7. The molecular weight excluding hydrogens is 614 g/mol. The Hall–Kier alpha value is -4.23. The Balaban J connectivity index is 1.52. The van der Waals surface area contributed by atoms with Crippen molar-refractivity contribution in [2.45, 2.75) is 83.1 Å². The van der Waals surface area contributed by atoms with Gasteiger partial charge in [0.1, 0.15) is 36.3 Å². The number of carbonyl (C=O) groups excluding carboxylic acids is 4. The van der Waals surface area contributed by atoms with E-state index in [1.165, 1.54) is 55.5 Å². The van der Waals surface area contributed by atoms with Crippen LogP contribution in [0.4, 0.5) is 0 Å². The zero-order valence-electron chi connectivity index (χ0n) is 27.2. The van der Waals surface area contributed by atoms with Gasteiger partial charge in [-0.3, -0.25) is 9.59 Å². The molecule has 47 heavy (non-hydrogen) atoms. The van der Waals surface area contributed by atoms with Gasteiger partial charge in [-0.05, 0) is 50.3 Å². The number of carbonyl (C=O) groups is 4. The highest BCUT2D eigenvalue weighted by Crippen LogP contribution is 2.66. The summed E-state index contributed by atoms with van der Waals surface area (Å²) in [5.74, 6) is -4.53. The van der Waals surface area contributed by atoms with Crippen LogP contribution >= 0.6 is 0 Å². The average Bonchev–Trinajstić information content (AvgIpc) is 3.75. The molecular formula is C34H39NO12. The molecule has 0 N–H and O–H groups in total. The first-order valence-corrected chi connectivity index (χ1v) is 15.6. The highest BCUT2D eigenvalue weighted by Gasteiger charge is 2.80. The van der Waals surface area contributed by atoms with Crippen molar-refractivity contribution < 1.29 is 52.0 Å². The van der Waals surface area contributed by atoms with Crippen molar-refractivity contribution in [3.05, 3.63) is 70.1 Å². The second kappa shape index (κ2) is 11.8. The maximum atomic E-state index is 13.8. The Morgan fingerprint density at radius 3 is 2.21 bits per heavy atom. The van der Waals surface area contributed by atoms with Crippen LogP contribution < -0.4 is 5.56 Å². The van der Waals surface area contributed by atoms with Gasteiger partial charge in [0.25, 0.3) is 0 Å². The molecule has 0 radical (unpaired) electrons. The van der Waals surface area contributed by atoms with Crippen LogP contribution in [0.15, 0.2) is 57.8 Å². The maximum absolute atomic E-state index is 13.8. The summed E-state index contributed by atoms with van der Waals surface area (Å²) in [6.07, 6.45) is 2.01. The fraction of sp³-hybridized carbons (Fsp3) is 0.559. The van der Waals surface area contributed by atoms with Gasteiger partial charge in [0.15, 0.2) is 0 Å². The van der Waals surface area contributed by atoms with Gasteiger partial charge in [-0.15, -0.1) is 0 Å². The molecule has 13 nitrogen and oxygen atoms in total. The number of ether oxygens (including phenoxy) is 6. The van der Waals surface area contributed by atoms with E-state index in [9.17, 15) is 24.0 Å². The smallest absolute Gasteiger partial charge is 0.341 e. The SMILES string of the molecule is CC(=O)O[C@@H]1[C@H]2[C@H](OC(=O)c3ccc(=O)n(C)c3)[C@H](OC(=O)c3ccoc3)[C@@H]3[C@@H](OC(=O)C4=CCOC4)CCC(C)(C)[C@]31OC2(C)C. The van der Waals surface area contributed by atoms with E-state index in [-0.39, 0.29) is 29.9 Å². The molecule has 252 valence electrons. The molecule has 2 aliphatic carbocycles. The van der Waals surface area contributed by atoms with Crippen molar-refractivity contribution in [3.63, 3.8) is 0 Å². The highest BCUT2D eigenvalue weighted by molar-refractivity contribution is 5.90. The first kappa shape index (κ1) is 32.7. The molecule has 4 heterocycles. The number of esters is 4. The number of aryl methyl sites for hydroxylation is 1. The van der Waals surface area contributed by atoms with Gasteiger partial charge in [-0.2, -0.15) is 0 Å². The maximum Gasteiger partial charge on any atom is 0.341 e. The Morgan fingerprint density at radius 2 is 1.60 bits per heavy atom. The molecule has 0 unspecified atom stereocenters. The zero-order valence-corrected chi connectivity index (χ0v) is 27.2. The largest absolute Gasteiger partial charge is 0.472 e. The minimum Gasteiger partial charge on any atom is -0.472 e. The molecule has 2 aromatic rings. The second-order valence-electron chi connectivity index (χ2n) is 13.8. The minimum atomic E-state index is -1.35. The third kappa shape index (κ3) is 5.48. The van der Waals surface area contributed by atoms with Crippen molar-refractivity contribution in [2.24, 2.45) is 24.3 Å². The summed E-state index contributed by atoms with van der Waals surface area (Å²) in [6, 6.07) is 4.03. The average molecular weight is 654 g/mol. The number of pyridine rings is 1. The summed E-state index contributed by atoms with van der Waals surface area (Å²) in [5, 5.41) is 0. The third-order valence-corrected chi connectivity index (χ3v) is 10.1. The van der Waals surface area contributed by atoms with E-state index in [0.717, 1.165) is 0 Å². The van der Waals surface area contributed by atoms with E-state index < -0.39 is 76.7 Å². The van der Waals surface area contributed by atoms with Gasteiger partial charge in [-0.1, -0.05) is 13.8 Å². The standard InChI is InChI=1S/C34H39NO12/c1-18(36)43-28-25-27(46-29(38)19-7-8-23(37)35(6)15-19)26(45-31(40)21-11-14-42-17-21)24-22(44-30(39)20-10-13-41-16-20)9-12-32(2,3)34(24,28)47-33(25,4)5/h7-8,10-11,14-15,17,22,24-28H,9,12-13,16H2,1-6H3/t22-,24-,25+,26+,27-,28+,34-/m0/s1. The van der Waals surface area contributed by atoms with Crippen LogP contribution in [0.5, 0.6) is 0 Å². The van der Waals surface area contributed by atoms with Crippen LogP contribution in [-0.4, -0.2) is 77.3 Å². The predicted molar refractivity (Wildman–Crippen MR) is 161 cm³/mol. The minimum absolute atomic E-state index is 0.0738. The third-order valence-electron chi connectivity index (χ3n) is 10.1. The fourth-order valence-corrected chi connectivity index (χ4v) is 7.99. The second-order valence-corrected chi connectivity index (χ2v) is 13.8. The normalized spacial score (nSPS) is 31.7. The van der Waals surface area contributed by atoms with Crippen molar-refractivity contribution in [1.82, 2.24) is 4.57 Å². The fourth-order valence-electron chi connectivity index (χ4n) is 7.99. The molecule has 0 amide bonds. The molecule has 1 spiro atoms. The summed E-state index contributed by atoms with van der Waals surface area (Å²) < 4.78 is 43.6. The van der Waals surface area contributed by atoms with E-state index in [1.54, 1.807) is 19.9 Å². The number of nitrogens with zero attached hydrogens (tertiary/aromatic N) is 1. The number of hydrogen-bond donors (Lipinski definition) is 0. The summed E-state index contributed by atoms with van der Waals surface area (Å²) in [5.41, 5.74) is -2.94. The van der Waals surface area contributed by atoms with Crippen LogP contribution in [0.25, 0.3) is 0 Å². The molecule has 6 rings (SSSR count). The van der Waals surface area contributed by atoms with Crippen molar-refractivity contribution in [2.75, 3.05) is 13.2 Å². The highest BCUT2D eigenvalue weighted by atomic mass is 16.6. The first-order chi connectivity index (χ1) is 22.2. The summed E-state index contributed by atoms with van der Waals surface area (Å²) in [7, 11) is 1.50. The quantitative estimate of drug-likeness (QED) is 0.318.